The summed E-state index contributed by atoms with van der Waals surface area (Å²) in [6.45, 7) is 8.39. The molecular formula is C16H31N3O2. The second kappa shape index (κ2) is 7.07. The van der Waals surface area contributed by atoms with Crippen molar-refractivity contribution >= 4 is 5.97 Å². The van der Waals surface area contributed by atoms with Gasteiger partial charge in [-0.25, -0.2) is 0 Å². The number of hydrogen-bond acceptors (Lipinski definition) is 5. The van der Waals surface area contributed by atoms with Crippen molar-refractivity contribution in [3.05, 3.63) is 0 Å². The number of ether oxygens (including phenoxy) is 1. The maximum atomic E-state index is 11.7. The van der Waals surface area contributed by atoms with Crippen LogP contribution in [0.4, 0.5) is 0 Å². The van der Waals surface area contributed by atoms with Gasteiger partial charge in [-0.15, -0.1) is 0 Å². The zero-order chi connectivity index (χ0) is 15.5. The lowest BCUT2D eigenvalue weighted by atomic mass is 9.94. The van der Waals surface area contributed by atoms with Gasteiger partial charge in [0.1, 0.15) is 5.54 Å². The Morgan fingerprint density at radius 2 is 1.86 bits per heavy atom. The van der Waals surface area contributed by atoms with Gasteiger partial charge in [0.05, 0.1) is 7.11 Å². The van der Waals surface area contributed by atoms with E-state index in [0.29, 0.717) is 12.5 Å². The number of carbonyl (C=O) groups excluding carboxylic acids is 1. The van der Waals surface area contributed by atoms with E-state index in [2.05, 4.69) is 16.7 Å². The standard InChI is InChI=1S/C16H31N3O2/c1-13(12-16(2,17)15(20)21-3)18-8-10-19(11-9-18)14-6-4-5-7-14/h13-14H,4-12,17H2,1-3H3. The fraction of sp³-hybridized carbons (Fsp3) is 0.938. The van der Waals surface area contributed by atoms with Crippen LogP contribution in [-0.2, 0) is 9.53 Å². The van der Waals surface area contributed by atoms with Crippen LogP contribution in [0.3, 0.4) is 0 Å². The zero-order valence-corrected chi connectivity index (χ0v) is 13.8. The molecule has 2 rings (SSSR count). The van der Waals surface area contributed by atoms with Crippen LogP contribution < -0.4 is 5.73 Å². The number of methoxy groups -OCH3 is 1. The van der Waals surface area contributed by atoms with Crippen molar-refractivity contribution < 1.29 is 9.53 Å². The lowest BCUT2D eigenvalue weighted by molar-refractivity contribution is -0.147. The molecule has 0 aromatic heterocycles. The van der Waals surface area contributed by atoms with Crippen LogP contribution in [0.2, 0.25) is 0 Å². The third kappa shape index (κ3) is 4.18. The van der Waals surface area contributed by atoms with E-state index in [-0.39, 0.29) is 5.97 Å². The van der Waals surface area contributed by atoms with Crippen molar-refractivity contribution in [1.29, 1.82) is 0 Å². The molecule has 5 heteroatoms. The molecule has 1 saturated carbocycles. The molecule has 0 aromatic carbocycles. The summed E-state index contributed by atoms with van der Waals surface area (Å²) in [6.07, 6.45) is 6.18. The first-order valence-corrected chi connectivity index (χ1v) is 8.29. The van der Waals surface area contributed by atoms with E-state index in [9.17, 15) is 4.79 Å². The third-order valence-electron chi connectivity index (χ3n) is 5.18. The van der Waals surface area contributed by atoms with Crippen LogP contribution in [0, 0.1) is 0 Å². The van der Waals surface area contributed by atoms with E-state index >= 15 is 0 Å². The van der Waals surface area contributed by atoms with E-state index in [1.807, 2.05) is 0 Å². The molecule has 2 N–H and O–H groups in total. The van der Waals surface area contributed by atoms with Crippen molar-refractivity contribution in [2.75, 3.05) is 33.3 Å². The summed E-state index contributed by atoms with van der Waals surface area (Å²) in [4.78, 5) is 16.8. The molecule has 1 aliphatic heterocycles. The summed E-state index contributed by atoms with van der Waals surface area (Å²) in [5.41, 5.74) is 5.20. The van der Waals surface area contributed by atoms with Gasteiger partial charge in [-0.3, -0.25) is 14.6 Å². The molecule has 21 heavy (non-hydrogen) atoms. The molecule has 0 aromatic rings. The number of hydrogen-bond donors (Lipinski definition) is 1. The molecule has 1 saturated heterocycles. The van der Waals surface area contributed by atoms with Crippen LogP contribution in [0.25, 0.3) is 0 Å². The number of piperazine rings is 1. The lowest BCUT2D eigenvalue weighted by Crippen LogP contribution is -2.55. The van der Waals surface area contributed by atoms with Gasteiger partial charge in [0, 0.05) is 38.3 Å². The number of carbonyl (C=O) groups is 1. The fourth-order valence-electron chi connectivity index (χ4n) is 3.87. The van der Waals surface area contributed by atoms with E-state index in [4.69, 9.17) is 10.5 Å². The molecule has 122 valence electrons. The molecule has 1 heterocycles. The molecule has 0 bridgehead atoms. The van der Waals surface area contributed by atoms with E-state index in [1.54, 1.807) is 6.92 Å². The first-order valence-electron chi connectivity index (χ1n) is 8.29. The van der Waals surface area contributed by atoms with Gasteiger partial charge in [-0.2, -0.15) is 0 Å². The Morgan fingerprint density at radius 3 is 2.38 bits per heavy atom. The highest BCUT2D eigenvalue weighted by atomic mass is 16.5. The Balaban J connectivity index is 1.79. The maximum absolute atomic E-state index is 11.7. The molecule has 2 fully saturated rings. The van der Waals surface area contributed by atoms with Crippen LogP contribution in [0.1, 0.15) is 46.0 Å². The number of rotatable bonds is 5. The monoisotopic (exact) mass is 297 g/mol. The minimum Gasteiger partial charge on any atom is -0.468 e. The summed E-state index contributed by atoms with van der Waals surface area (Å²) < 4.78 is 4.80. The average Bonchev–Trinajstić information content (AvgIpc) is 3.00. The Bertz CT molecular complexity index is 345. The minimum absolute atomic E-state index is 0.310. The van der Waals surface area contributed by atoms with E-state index < -0.39 is 5.54 Å². The normalized spacial score (nSPS) is 26.5. The maximum Gasteiger partial charge on any atom is 0.325 e. The largest absolute Gasteiger partial charge is 0.468 e. The summed E-state index contributed by atoms with van der Waals surface area (Å²) >= 11 is 0. The summed E-state index contributed by atoms with van der Waals surface area (Å²) in [7, 11) is 1.40. The highest BCUT2D eigenvalue weighted by molar-refractivity contribution is 5.79. The van der Waals surface area contributed by atoms with Crippen LogP contribution >= 0.6 is 0 Å². The highest BCUT2D eigenvalue weighted by Crippen LogP contribution is 2.25. The zero-order valence-electron chi connectivity index (χ0n) is 13.8. The Kier molecular flexibility index (Phi) is 5.63. The van der Waals surface area contributed by atoms with Gasteiger partial charge >= 0.3 is 5.97 Å². The third-order valence-corrected chi connectivity index (χ3v) is 5.18. The van der Waals surface area contributed by atoms with Crippen molar-refractivity contribution in [2.24, 2.45) is 5.73 Å². The molecule has 5 nitrogen and oxygen atoms in total. The fourth-order valence-corrected chi connectivity index (χ4v) is 3.87. The highest BCUT2D eigenvalue weighted by Gasteiger charge is 2.34. The summed E-state index contributed by atoms with van der Waals surface area (Å²) in [6, 6.07) is 1.13. The smallest absolute Gasteiger partial charge is 0.325 e. The van der Waals surface area contributed by atoms with Gasteiger partial charge in [-0.05, 0) is 33.1 Å². The molecular weight excluding hydrogens is 266 g/mol. The molecule has 2 aliphatic rings. The molecule has 0 radical (unpaired) electrons. The van der Waals surface area contributed by atoms with Gasteiger partial charge in [0.25, 0.3) is 0 Å². The van der Waals surface area contributed by atoms with E-state index in [0.717, 1.165) is 32.2 Å². The van der Waals surface area contributed by atoms with Gasteiger partial charge in [-0.1, -0.05) is 12.8 Å². The molecule has 0 spiro atoms. The van der Waals surface area contributed by atoms with Crippen molar-refractivity contribution in [1.82, 2.24) is 9.80 Å². The average molecular weight is 297 g/mol. The second-order valence-electron chi connectivity index (χ2n) is 6.97. The summed E-state index contributed by atoms with van der Waals surface area (Å²) in [5, 5.41) is 0. The number of nitrogens with zero attached hydrogens (tertiary/aromatic N) is 2. The first kappa shape index (κ1) is 16.7. The van der Waals surface area contributed by atoms with Gasteiger partial charge in [0.2, 0.25) is 0 Å². The Labute approximate surface area is 128 Å². The summed E-state index contributed by atoms with van der Waals surface area (Å²) in [5.74, 6) is -0.320. The predicted molar refractivity (Wildman–Crippen MR) is 84.1 cm³/mol. The Hall–Kier alpha value is -0.650. The van der Waals surface area contributed by atoms with E-state index in [1.165, 1.54) is 32.8 Å². The number of esters is 1. The quantitative estimate of drug-likeness (QED) is 0.773. The predicted octanol–water partition coefficient (Wildman–Crippen LogP) is 1.22. The SMILES string of the molecule is COC(=O)C(C)(N)CC(C)N1CCN(C2CCCC2)CC1. The Morgan fingerprint density at radius 1 is 1.29 bits per heavy atom. The molecule has 1 aliphatic carbocycles. The van der Waals surface area contributed by atoms with Crippen molar-refractivity contribution in [3.63, 3.8) is 0 Å². The van der Waals surface area contributed by atoms with Gasteiger partial charge < -0.3 is 10.5 Å². The van der Waals surface area contributed by atoms with Crippen LogP contribution in [0.15, 0.2) is 0 Å². The minimum atomic E-state index is -0.892. The first-order chi connectivity index (χ1) is 9.94. The van der Waals surface area contributed by atoms with Gasteiger partial charge in [0.15, 0.2) is 0 Å². The van der Waals surface area contributed by atoms with Crippen LogP contribution in [-0.4, -0.2) is 66.7 Å². The van der Waals surface area contributed by atoms with Crippen molar-refractivity contribution in [2.45, 2.75) is 63.6 Å². The lowest BCUT2D eigenvalue weighted by Gasteiger charge is -2.41. The van der Waals surface area contributed by atoms with Crippen LogP contribution in [0.5, 0.6) is 0 Å². The molecule has 0 amide bonds. The second-order valence-corrected chi connectivity index (χ2v) is 6.97. The number of nitrogens with two attached hydrogens (primary N) is 1. The molecule has 2 unspecified atom stereocenters. The van der Waals surface area contributed by atoms with Crippen molar-refractivity contribution in [3.8, 4) is 0 Å². The topological polar surface area (TPSA) is 58.8 Å². The molecule has 2 atom stereocenters.